The van der Waals surface area contributed by atoms with Gasteiger partial charge in [-0.2, -0.15) is 0 Å². The maximum atomic E-state index is 12.2. The van der Waals surface area contributed by atoms with Crippen LogP contribution in [-0.2, 0) is 6.54 Å². The summed E-state index contributed by atoms with van der Waals surface area (Å²) in [7, 11) is 0. The number of nitrogens with one attached hydrogen (secondary N) is 2. The van der Waals surface area contributed by atoms with Crippen molar-refractivity contribution in [3.63, 3.8) is 0 Å². The number of nitro groups is 1. The number of hydrogen-bond donors (Lipinski definition) is 2. The van der Waals surface area contributed by atoms with Gasteiger partial charge in [0.25, 0.3) is 11.6 Å². The van der Waals surface area contributed by atoms with Gasteiger partial charge in [0.2, 0.25) is 0 Å². The molecule has 130 valence electrons. The van der Waals surface area contributed by atoms with Crippen molar-refractivity contribution in [3.8, 4) is 0 Å². The molecule has 0 aliphatic carbocycles. The number of carbonyl (C=O) groups is 1. The predicted octanol–water partition coefficient (Wildman–Crippen LogP) is 3.85. The largest absolute Gasteiger partial charge is 0.375 e. The van der Waals surface area contributed by atoms with E-state index in [2.05, 4.69) is 15.6 Å². The Bertz CT molecular complexity index is 912. The van der Waals surface area contributed by atoms with Crippen molar-refractivity contribution in [1.29, 1.82) is 0 Å². The molecular formula is C19H16N4O3. The number of rotatable bonds is 6. The molecule has 0 saturated heterocycles. The normalized spacial score (nSPS) is 10.2. The summed E-state index contributed by atoms with van der Waals surface area (Å²) in [4.78, 5) is 26.7. The fourth-order valence-electron chi connectivity index (χ4n) is 2.39. The van der Waals surface area contributed by atoms with Gasteiger partial charge < -0.3 is 10.6 Å². The first-order chi connectivity index (χ1) is 12.6. The van der Waals surface area contributed by atoms with E-state index in [1.54, 1.807) is 54.9 Å². The number of carbonyl (C=O) groups excluding carboxylic acids is 1. The van der Waals surface area contributed by atoms with Gasteiger partial charge in [0.1, 0.15) is 5.69 Å². The zero-order chi connectivity index (χ0) is 18.4. The lowest BCUT2D eigenvalue weighted by Gasteiger charge is -2.08. The average molecular weight is 348 g/mol. The second kappa shape index (κ2) is 7.89. The van der Waals surface area contributed by atoms with E-state index < -0.39 is 4.92 Å². The molecular weight excluding hydrogens is 332 g/mol. The molecule has 2 N–H and O–H groups in total. The van der Waals surface area contributed by atoms with Crippen LogP contribution in [0.15, 0.2) is 73.1 Å². The fraction of sp³-hybridized carbons (Fsp3) is 0.0526. The predicted molar refractivity (Wildman–Crippen MR) is 99.1 cm³/mol. The average Bonchev–Trinajstić information content (AvgIpc) is 2.67. The van der Waals surface area contributed by atoms with Crippen LogP contribution < -0.4 is 10.6 Å². The van der Waals surface area contributed by atoms with E-state index in [1.807, 2.05) is 12.1 Å². The van der Waals surface area contributed by atoms with Crippen LogP contribution in [0, 0.1) is 10.1 Å². The summed E-state index contributed by atoms with van der Waals surface area (Å²) in [5, 5.41) is 16.9. The van der Waals surface area contributed by atoms with Gasteiger partial charge in [-0.05, 0) is 35.9 Å². The molecule has 0 radical (unpaired) electrons. The minimum atomic E-state index is -0.422. The van der Waals surface area contributed by atoms with Gasteiger partial charge in [-0.1, -0.05) is 24.3 Å². The second-order valence-corrected chi connectivity index (χ2v) is 5.51. The quantitative estimate of drug-likeness (QED) is 0.521. The number of aromatic nitrogens is 1. The van der Waals surface area contributed by atoms with Crippen LogP contribution in [0.5, 0.6) is 0 Å². The van der Waals surface area contributed by atoms with Crippen molar-refractivity contribution in [2.45, 2.75) is 6.54 Å². The van der Waals surface area contributed by atoms with Crippen LogP contribution in [0.25, 0.3) is 0 Å². The third-order valence-electron chi connectivity index (χ3n) is 3.74. The molecule has 1 heterocycles. The first kappa shape index (κ1) is 17.1. The van der Waals surface area contributed by atoms with Gasteiger partial charge >= 0.3 is 0 Å². The third-order valence-corrected chi connectivity index (χ3v) is 3.74. The Hall–Kier alpha value is -3.74. The van der Waals surface area contributed by atoms with Gasteiger partial charge in [0.15, 0.2) is 0 Å². The molecule has 1 aromatic heterocycles. The highest BCUT2D eigenvalue weighted by Crippen LogP contribution is 2.23. The minimum Gasteiger partial charge on any atom is -0.375 e. The number of nitro benzene ring substituents is 1. The van der Waals surface area contributed by atoms with Crippen molar-refractivity contribution < 1.29 is 9.72 Å². The van der Waals surface area contributed by atoms with Crippen molar-refractivity contribution >= 4 is 23.0 Å². The first-order valence-corrected chi connectivity index (χ1v) is 7.91. The van der Waals surface area contributed by atoms with Gasteiger partial charge in [0.05, 0.1) is 4.92 Å². The van der Waals surface area contributed by atoms with Crippen LogP contribution in [0.4, 0.5) is 17.1 Å². The molecule has 2 aromatic carbocycles. The zero-order valence-corrected chi connectivity index (χ0v) is 13.8. The molecule has 7 heteroatoms. The topological polar surface area (TPSA) is 97.2 Å². The van der Waals surface area contributed by atoms with Crippen LogP contribution >= 0.6 is 0 Å². The SMILES string of the molecule is O=C(Nc1ccncc1)c1ccc(CNc2ccccc2[N+](=O)[O-])cc1. The standard InChI is InChI=1S/C19H16N4O3/c24-19(22-16-9-11-20-12-10-16)15-7-5-14(6-8-15)13-21-17-3-1-2-4-18(17)23(25)26/h1-12,21H,13H2,(H,20,22,24). The molecule has 0 fully saturated rings. The maximum Gasteiger partial charge on any atom is 0.292 e. The van der Waals surface area contributed by atoms with E-state index in [1.165, 1.54) is 6.07 Å². The number of para-hydroxylation sites is 2. The van der Waals surface area contributed by atoms with E-state index >= 15 is 0 Å². The molecule has 7 nitrogen and oxygen atoms in total. The molecule has 0 aliphatic rings. The van der Waals surface area contributed by atoms with Crippen molar-refractivity contribution in [1.82, 2.24) is 4.98 Å². The zero-order valence-electron chi connectivity index (χ0n) is 13.8. The number of anilines is 2. The van der Waals surface area contributed by atoms with E-state index in [4.69, 9.17) is 0 Å². The minimum absolute atomic E-state index is 0.0286. The summed E-state index contributed by atoms with van der Waals surface area (Å²) in [5.74, 6) is -0.214. The van der Waals surface area contributed by atoms with E-state index in [-0.39, 0.29) is 11.6 Å². The van der Waals surface area contributed by atoms with Gasteiger partial charge in [-0.15, -0.1) is 0 Å². The Morgan fingerprint density at radius 3 is 2.38 bits per heavy atom. The second-order valence-electron chi connectivity index (χ2n) is 5.51. The molecule has 0 spiro atoms. The fourth-order valence-corrected chi connectivity index (χ4v) is 2.39. The number of nitrogens with zero attached hydrogens (tertiary/aromatic N) is 2. The van der Waals surface area contributed by atoms with Gasteiger partial charge in [-0.3, -0.25) is 19.9 Å². The molecule has 0 aliphatic heterocycles. The van der Waals surface area contributed by atoms with E-state index in [0.29, 0.717) is 23.5 Å². The number of pyridine rings is 1. The lowest BCUT2D eigenvalue weighted by Crippen LogP contribution is -2.12. The summed E-state index contributed by atoms with van der Waals surface area (Å²) in [6.07, 6.45) is 3.21. The van der Waals surface area contributed by atoms with E-state index in [0.717, 1.165) is 5.56 Å². The maximum absolute atomic E-state index is 12.2. The van der Waals surface area contributed by atoms with Crippen LogP contribution in [-0.4, -0.2) is 15.8 Å². The highest BCUT2D eigenvalue weighted by Gasteiger charge is 2.12. The van der Waals surface area contributed by atoms with Gasteiger partial charge in [0, 0.05) is 36.3 Å². The molecule has 0 unspecified atom stereocenters. The molecule has 0 bridgehead atoms. The number of hydrogen-bond acceptors (Lipinski definition) is 5. The molecule has 26 heavy (non-hydrogen) atoms. The summed E-state index contributed by atoms with van der Waals surface area (Å²) in [5.41, 5.74) is 2.59. The third kappa shape index (κ3) is 4.21. The Labute approximate surface area is 149 Å². The number of amides is 1. The van der Waals surface area contributed by atoms with E-state index in [9.17, 15) is 14.9 Å². The summed E-state index contributed by atoms with van der Waals surface area (Å²) >= 11 is 0. The van der Waals surface area contributed by atoms with Crippen LogP contribution in [0.3, 0.4) is 0 Å². The van der Waals surface area contributed by atoms with Crippen LogP contribution in [0.1, 0.15) is 15.9 Å². The van der Waals surface area contributed by atoms with Crippen molar-refractivity contribution in [3.05, 3.63) is 94.3 Å². The van der Waals surface area contributed by atoms with Crippen LogP contribution in [0.2, 0.25) is 0 Å². The van der Waals surface area contributed by atoms with Gasteiger partial charge in [-0.25, -0.2) is 0 Å². The summed E-state index contributed by atoms with van der Waals surface area (Å²) < 4.78 is 0. The molecule has 3 rings (SSSR count). The Kier molecular flexibility index (Phi) is 5.19. The number of benzene rings is 2. The Morgan fingerprint density at radius 1 is 1.00 bits per heavy atom. The molecule has 3 aromatic rings. The van der Waals surface area contributed by atoms with Crippen molar-refractivity contribution in [2.75, 3.05) is 10.6 Å². The first-order valence-electron chi connectivity index (χ1n) is 7.91. The molecule has 1 amide bonds. The monoisotopic (exact) mass is 348 g/mol. The summed E-state index contributed by atoms with van der Waals surface area (Å²) in [6.45, 7) is 0.414. The summed E-state index contributed by atoms with van der Waals surface area (Å²) in [6, 6.07) is 16.9. The Morgan fingerprint density at radius 2 is 1.69 bits per heavy atom. The molecule has 0 saturated carbocycles. The highest BCUT2D eigenvalue weighted by molar-refractivity contribution is 6.04. The lowest BCUT2D eigenvalue weighted by atomic mass is 10.1. The lowest BCUT2D eigenvalue weighted by molar-refractivity contribution is -0.384. The van der Waals surface area contributed by atoms with Crippen molar-refractivity contribution in [2.24, 2.45) is 0 Å². The molecule has 0 atom stereocenters. The smallest absolute Gasteiger partial charge is 0.292 e. The Balaban J connectivity index is 1.63. The highest BCUT2D eigenvalue weighted by atomic mass is 16.6.